The Morgan fingerprint density at radius 1 is 1.03 bits per heavy atom. The van der Waals surface area contributed by atoms with Crippen molar-refractivity contribution in [3.8, 4) is 17.6 Å². The first-order valence-electron chi connectivity index (χ1n) is 11.6. The summed E-state index contributed by atoms with van der Waals surface area (Å²) in [7, 11) is 0. The lowest BCUT2D eigenvalue weighted by atomic mass is 10.0. The molecule has 1 atom stereocenters. The zero-order valence-electron chi connectivity index (χ0n) is 19.9. The first-order valence-corrected chi connectivity index (χ1v) is 12.3. The molecule has 4 rings (SSSR count). The summed E-state index contributed by atoms with van der Waals surface area (Å²) in [5.74, 6) is 6.19. The van der Waals surface area contributed by atoms with Gasteiger partial charge >= 0.3 is 0 Å². The normalized spacial score (nSPS) is 11.7. The molecule has 36 heavy (non-hydrogen) atoms. The number of aliphatic hydroxyl groups is 1. The summed E-state index contributed by atoms with van der Waals surface area (Å²) in [5.41, 5.74) is 3.67. The molecule has 0 aliphatic carbocycles. The van der Waals surface area contributed by atoms with Crippen molar-refractivity contribution in [3.63, 3.8) is 0 Å². The van der Waals surface area contributed by atoms with E-state index in [0.29, 0.717) is 38.9 Å². The maximum Gasteiger partial charge on any atom is 0.255 e. The average molecular weight is 521 g/mol. The van der Waals surface area contributed by atoms with Gasteiger partial charge in [0.1, 0.15) is 5.75 Å². The maximum absolute atomic E-state index is 13.3. The van der Waals surface area contributed by atoms with Crippen LogP contribution in [0.2, 0.25) is 10.0 Å². The van der Waals surface area contributed by atoms with Crippen LogP contribution in [-0.4, -0.2) is 34.8 Å². The number of halogens is 2. The van der Waals surface area contributed by atoms with Gasteiger partial charge in [0.05, 0.1) is 24.3 Å². The Hall–Kier alpha value is -3.43. The van der Waals surface area contributed by atoms with Gasteiger partial charge in [0.15, 0.2) is 0 Å². The van der Waals surface area contributed by atoms with Crippen molar-refractivity contribution in [2.24, 2.45) is 0 Å². The van der Waals surface area contributed by atoms with E-state index in [-0.39, 0.29) is 18.6 Å². The number of amides is 1. The van der Waals surface area contributed by atoms with Crippen LogP contribution in [0.3, 0.4) is 0 Å². The van der Waals surface area contributed by atoms with E-state index in [1.165, 1.54) is 0 Å². The fraction of sp³-hybridized carbons (Fsp3) is 0.207. The van der Waals surface area contributed by atoms with Gasteiger partial charge in [-0.25, -0.2) is 0 Å². The highest BCUT2D eigenvalue weighted by Gasteiger charge is 2.19. The molecule has 0 fully saturated rings. The average Bonchev–Trinajstić information content (AvgIpc) is 3.24. The molecule has 0 bridgehead atoms. The number of H-pyrrole nitrogens is 1. The molecule has 3 N–H and O–H groups in total. The Morgan fingerprint density at radius 3 is 2.47 bits per heavy atom. The zero-order valence-corrected chi connectivity index (χ0v) is 21.5. The van der Waals surface area contributed by atoms with E-state index in [2.05, 4.69) is 22.1 Å². The first-order chi connectivity index (χ1) is 17.3. The van der Waals surface area contributed by atoms with E-state index in [9.17, 15) is 9.90 Å². The van der Waals surface area contributed by atoms with Crippen LogP contribution in [0.4, 0.5) is 0 Å². The van der Waals surface area contributed by atoms with Crippen molar-refractivity contribution < 1.29 is 14.6 Å². The number of carbonyl (C=O) groups excluding carboxylic acids is 1. The van der Waals surface area contributed by atoms with Crippen LogP contribution in [0.15, 0.2) is 66.9 Å². The van der Waals surface area contributed by atoms with Crippen LogP contribution in [0.25, 0.3) is 10.9 Å². The van der Waals surface area contributed by atoms with Crippen LogP contribution in [0.1, 0.15) is 40.9 Å². The van der Waals surface area contributed by atoms with Crippen molar-refractivity contribution in [1.29, 1.82) is 0 Å². The summed E-state index contributed by atoms with van der Waals surface area (Å²) in [6.07, 6.45) is 2.26. The Bertz CT molecular complexity index is 1430. The lowest BCUT2D eigenvalue weighted by Crippen LogP contribution is -2.39. The first kappa shape index (κ1) is 25.7. The monoisotopic (exact) mass is 520 g/mol. The van der Waals surface area contributed by atoms with Crippen LogP contribution >= 0.6 is 23.2 Å². The predicted octanol–water partition coefficient (Wildman–Crippen LogP) is 6.00. The SMILES string of the molecule is CC(C)Oc1ccc(C#Cc2cc(Cl)cc(Cl)c2)cc1C(=O)N[C@@H](CO)Cc1c[nH]c2ccccc12. The standard InChI is InChI=1S/C29H26Cl2N2O3/c1-18(2)36-28-10-9-19(7-8-20-11-22(30)15-23(31)12-20)13-26(28)29(35)33-24(17-34)14-21-16-32-27-6-4-3-5-25(21)27/h3-6,9-13,15-16,18,24,32,34H,14,17H2,1-2H3,(H,33,35)/t24-/m1/s1. The van der Waals surface area contributed by atoms with Gasteiger partial charge in [-0.1, -0.05) is 53.2 Å². The summed E-state index contributed by atoms with van der Waals surface area (Å²) < 4.78 is 5.88. The van der Waals surface area contributed by atoms with Gasteiger partial charge in [-0.2, -0.15) is 0 Å². The molecule has 0 radical (unpaired) electrons. The van der Waals surface area contributed by atoms with E-state index in [1.54, 1.807) is 36.4 Å². The van der Waals surface area contributed by atoms with E-state index >= 15 is 0 Å². The molecular weight excluding hydrogens is 495 g/mol. The molecule has 0 saturated heterocycles. The highest BCUT2D eigenvalue weighted by atomic mass is 35.5. The summed E-state index contributed by atoms with van der Waals surface area (Å²) in [4.78, 5) is 16.6. The van der Waals surface area contributed by atoms with E-state index in [0.717, 1.165) is 16.5 Å². The number of aromatic nitrogens is 1. The lowest BCUT2D eigenvalue weighted by Gasteiger charge is -2.19. The third-order valence-electron chi connectivity index (χ3n) is 5.50. The lowest BCUT2D eigenvalue weighted by molar-refractivity contribution is 0.0910. The van der Waals surface area contributed by atoms with Gasteiger partial charge < -0.3 is 20.1 Å². The molecule has 5 nitrogen and oxygen atoms in total. The van der Waals surface area contributed by atoms with Gasteiger partial charge in [0, 0.05) is 38.3 Å². The van der Waals surface area contributed by atoms with Gasteiger partial charge in [0.2, 0.25) is 0 Å². The second-order valence-electron chi connectivity index (χ2n) is 8.70. The molecule has 1 heterocycles. The Balaban J connectivity index is 1.59. The molecular formula is C29H26Cl2N2O3. The molecule has 184 valence electrons. The minimum Gasteiger partial charge on any atom is -0.490 e. The van der Waals surface area contributed by atoms with Crippen molar-refractivity contribution >= 4 is 40.0 Å². The number of benzene rings is 3. The number of ether oxygens (including phenoxy) is 1. The number of fused-ring (bicyclic) bond motifs is 1. The van der Waals surface area contributed by atoms with Gasteiger partial charge in [-0.3, -0.25) is 4.79 Å². The van der Waals surface area contributed by atoms with Gasteiger partial charge in [-0.15, -0.1) is 0 Å². The Kier molecular flexibility index (Phi) is 8.22. The Labute approximate surface area is 220 Å². The molecule has 0 aliphatic heterocycles. The number of carbonyl (C=O) groups is 1. The third kappa shape index (κ3) is 6.41. The summed E-state index contributed by atoms with van der Waals surface area (Å²) in [6, 6.07) is 17.8. The number of aliphatic hydroxyl groups excluding tert-OH is 1. The molecule has 0 aliphatic rings. The minimum absolute atomic E-state index is 0.123. The quantitative estimate of drug-likeness (QED) is 0.262. The second-order valence-corrected chi connectivity index (χ2v) is 9.58. The minimum atomic E-state index is -0.480. The zero-order chi connectivity index (χ0) is 25.7. The number of aromatic amines is 1. The number of hydrogen-bond acceptors (Lipinski definition) is 3. The van der Waals surface area contributed by atoms with Crippen LogP contribution in [0.5, 0.6) is 5.75 Å². The van der Waals surface area contributed by atoms with Crippen molar-refractivity contribution in [3.05, 3.63) is 99.2 Å². The van der Waals surface area contributed by atoms with Crippen LogP contribution in [-0.2, 0) is 6.42 Å². The van der Waals surface area contributed by atoms with Gasteiger partial charge in [0.25, 0.3) is 5.91 Å². The van der Waals surface area contributed by atoms with Crippen molar-refractivity contribution in [2.45, 2.75) is 32.4 Å². The number of para-hydroxylation sites is 1. The smallest absolute Gasteiger partial charge is 0.255 e. The third-order valence-corrected chi connectivity index (χ3v) is 5.93. The highest BCUT2D eigenvalue weighted by molar-refractivity contribution is 6.34. The molecule has 1 amide bonds. The fourth-order valence-electron chi connectivity index (χ4n) is 3.90. The summed E-state index contributed by atoms with van der Waals surface area (Å²) >= 11 is 12.1. The molecule has 3 aromatic carbocycles. The molecule has 7 heteroatoms. The van der Waals surface area contributed by atoms with Crippen molar-refractivity contribution in [2.75, 3.05) is 6.61 Å². The molecule has 0 saturated carbocycles. The molecule has 4 aromatic rings. The van der Waals surface area contributed by atoms with Crippen LogP contribution < -0.4 is 10.1 Å². The largest absolute Gasteiger partial charge is 0.490 e. The molecule has 1 aromatic heterocycles. The van der Waals surface area contributed by atoms with Crippen molar-refractivity contribution in [1.82, 2.24) is 10.3 Å². The molecule has 0 unspecified atom stereocenters. The fourth-order valence-corrected chi connectivity index (χ4v) is 4.43. The number of rotatable bonds is 7. The summed E-state index contributed by atoms with van der Waals surface area (Å²) in [5, 5.41) is 15.0. The van der Waals surface area contributed by atoms with Gasteiger partial charge in [-0.05, 0) is 68.3 Å². The number of hydrogen-bond donors (Lipinski definition) is 3. The van der Waals surface area contributed by atoms with Crippen LogP contribution in [0, 0.1) is 11.8 Å². The topological polar surface area (TPSA) is 74.3 Å². The molecule has 0 spiro atoms. The maximum atomic E-state index is 13.3. The Morgan fingerprint density at radius 2 is 1.75 bits per heavy atom. The second kappa shape index (κ2) is 11.5. The van der Waals surface area contributed by atoms with E-state index < -0.39 is 6.04 Å². The predicted molar refractivity (Wildman–Crippen MR) is 145 cm³/mol. The highest BCUT2D eigenvalue weighted by Crippen LogP contribution is 2.23. The van der Waals surface area contributed by atoms with E-state index in [1.807, 2.05) is 44.3 Å². The van der Waals surface area contributed by atoms with E-state index in [4.69, 9.17) is 27.9 Å². The summed E-state index contributed by atoms with van der Waals surface area (Å²) in [6.45, 7) is 3.58. The number of nitrogens with one attached hydrogen (secondary N) is 2.